The van der Waals surface area contributed by atoms with Gasteiger partial charge in [-0.1, -0.05) is 24.4 Å². The van der Waals surface area contributed by atoms with Crippen LogP contribution in [0, 0.1) is 0 Å². The van der Waals surface area contributed by atoms with E-state index in [1.165, 1.54) is 19.3 Å². The van der Waals surface area contributed by atoms with Gasteiger partial charge in [-0.3, -0.25) is 0 Å². The van der Waals surface area contributed by atoms with E-state index in [1.54, 1.807) is 0 Å². The zero-order valence-electron chi connectivity index (χ0n) is 7.99. The van der Waals surface area contributed by atoms with Crippen molar-refractivity contribution in [1.29, 1.82) is 0 Å². The van der Waals surface area contributed by atoms with Crippen LogP contribution in [-0.4, -0.2) is 11.0 Å². The maximum absolute atomic E-state index is 5.64. The molecule has 0 unspecified atom stereocenters. The van der Waals surface area contributed by atoms with Crippen LogP contribution >= 0.6 is 12.2 Å². The summed E-state index contributed by atoms with van der Waals surface area (Å²) in [6.07, 6.45) is 3.84. The molecule has 74 valence electrons. The van der Waals surface area contributed by atoms with E-state index in [2.05, 4.69) is 5.32 Å². The second-order valence-corrected chi connectivity index (χ2v) is 4.12. The second kappa shape index (κ2) is 3.96. The summed E-state index contributed by atoms with van der Waals surface area (Å²) in [6.45, 7) is 0. The molecule has 3 heteroatoms. The zero-order valence-corrected chi connectivity index (χ0v) is 8.81. The van der Waals surface area contributed by atoms with Crippen LogP contribution in [0.3, 0.4) is 0 Å². The van der Waals surface area contributed by atoms with Crippen molar-refractivity contribution in [2.75, 3.05) is 5.32 Å². The number of nitrogens with one attached hydrogen (secondary N) is 1. The highest BCUT2D eigenvalue weighted by Gasteiger charge is 2.18. The molecule has 14 heavy (non-hydrogen) atoms. The molecule has 2 nitrogen and oxygen atoms in total. The van der Waals surface area contributed by atoms with Crippen LogP contribution in [0.4, 0.5) is 5.69 Å². The Kier molecular flexibility index (Phi) is 2.68. The van der Waals surface area contributed by atoms with Gasteiger partial charge in [-0.2, -0.15) is 0 Å². The molecule has 0 aliphatic heterocycles. The molecule has 0 bridgehead atoms. The Morgan fingerprint density at radius 3 is 2.64 bits per heavy atom. The van der Waals surface area contributed by atoms with E-state index in [0.29, 0.717) is 11.0 Å². The molecule has 0 heterocycles. The molecule has 0 spiro atoms. The van der Waals surface area contributed by atoms with Gasteiger partial charge in [0.15, 0.2) is 0 Å². The van der Waals surface area contributed by atoms with Crippen molar-refractivity contribution < 1.29 is 0 Å². The molecule has 1 aromatic rings. The molecule has 0 radical (unpaired) electrons. The van der Waals surface area contributed by atoms with Crippen LogP contribution in [0.25, 0.3) is 0 Å². The summed E-state index contributed by atoms with van der Waals surface area (Å²) in [5.41, 5.74) is 7.67. The number of hydrogen-bond acceptors (Lipinski definition) is 2. The van der Waals surface area contributed by atoms with E-state index in [0.717, 1.165) is 11.3 Å². The van der Waals surface area contributed by atoms with Gasteiger partial charge in [-0.15, -0.1) is 0 Å². The summed E-state index contributed by atoms with van der Waals surface area (Å²) in [4.78, 5) is 0.465. The average molecular weight is 206 g/mol. The van der Waals surface area contributed by atoms with Crippen molar-refractivity contribution >= 4 is 22.9 Å². The molecule has 1 aliphatic carbocycles. The maximum atomic E-state index is 5.64. The van der Waals surface area contributed by atoms with Crippen LogP contribution in [0.2, 0.25) is 0 Å². The second-order valence-electron chi connectivity index (χ2n) is 3.68. The number of nitrogens with two attached hydrogens (primary N) is 1. The highest BCUT2D eigenvalue weighted by Crippen LogP contribution is 2.25. The highest BCUT2D eigenvalue weighted by molar-refractivity contribution is 7.80. The smallest absolute Gasteiger partial charge is 0.106 e. The Hall–Kier alpha value is -1.09. The third kappa shape index (κ3) is 1.87. The molecule has 0 saturated heterocycles. The van der Waals surface area contributed by atoms with Gasteiger partial charge in [0, 0.05) is 17.3 Å². The van der Waals surface area contributed by atoms with Crippen molar-refractivity contribution in [2.45, 2.75) is 25.3 Å². The summed E-state index contributed by atoms with van der Waals surface area (Å²) in [6, 6.07) is 8.57. The summed E-state index contributed by atoms with van der Waals surface area (Å²) in [5, 5.41) is 3.46. The first-order chi connectivity index (χ1) is 6.77. The quantitative estimate of drug-likeness (QED) is 0.745. The topological polar surface area (TPSA) is 38.0 Å². The lowest BCUT2D eigenvalue weighted by Crippen LogP contribution is -2.28. The van der Waals surface area contributed by atoms with Gasteiger partial charge in [0.2, 0.25) is 0 Å². The van der Waals surface area contributed by atoms with Gasteiger partial charge in [-0.25, -0.2) is 0 Å². The predicted octanol–water partition coefficient (Wildman–Crippen LogP) is 2.29. The Balaban J connectivity index is 2.17. The van der Waals surface area contributed by atoms with Crippen LogP contribution < -0.4 is 11.1 Å². The molecule has 1 saturated carbocycles. The van der Waals surface area contributed by atoms with Crippen LogP contribution in [0.1, 0.15) is 24.8 Å². The normalized spacial score (nSPS) is 16.0. The number of hydrogen-bond donors (Lipinski definition) is 2. The molecule has 1 aromatic carbocycles. The first-order valence-electron chi connectivity index (χ1n) is 4.93. The Labute approximate surface area is 89.5 Å². The molecular weight excluding hydrogens is 192 g/mol. The van der Waals surface area contributed by atoms with Gasteiger partial charge >= 0.3 is 0 Å². The fourth-order valence-corrected chi connectivity index (χ4v) is 1.77. The van der Waals surface area contributed by atoms with Crippen LogP contribution in [-0.2, 0) is 0 Å². The minimum absolute atomic E-state index is 0.465. The van der Waals surface area contributed by atoms with E-state index < -0.39 is 0 Å². The summed E-state index contributed by atoms with van der Waals surface area (Å²) in [5.74, 6) is 0. The summed E-state index contributed by atoms with van der Waals surface area (Å²) < 4.78 is 0. The monoisotopic (exact) mass is 206 g/mol. The standard InChI is InChI=1S/C11H14N2S/c12-11(14)9-6-1-2-7-10(9)13-8-4-3-5-8/h1-2,6-8,13H,3-5H2,(H2,12,14). The molecule has 0 amide bonds. The fraction of sp³-hybridized carbons (Fsp3) is 0.364. The van der Waals surface area contributed by atoms with E-state index >= 15 is 0 Å². The van der Waals surface area contributed by atoms with Gasteiger partial charge < -0.3 is 11.1 Å². The number of para-hydroxylation sites is 1. The minimum Gasteiger partial charge on any atom is -0.389 e. The number of rotatable bonds is 3. The van der Waals surface area contributed by atoms with Crippen molar-refractivity contribution in [2.24, 2.45) is 5.73 Å². The number of benzene rings is 1. The van der Waals surface area contributed by atoms with Crippen molar-refractivity contribution in [1.82, 2.24) is 0 Å². The van der Waals surface area contributed by atoms with Gasteiger partial charge in [0.25, 0.3) is 0 Å². The zero-order chi connectivity index (χ0) is 9.97. The average Bonchev–Trinajstić information content (AvgIpc) is 2.12. The third-order valence-corrected chi connectivity index (χ3v) is 2.88. The highest BCUT2D eigenvalue weighted by atomic mass is 32.1. The molecular formula is C11H14N2S. The fourth-order valence-electron chi connectivity index (χ4n) is 1.60. The SMILES string of the molecule is NC(=S)c1ccccc1NC1CCC1. The van der Waals surface area contributed by atoms with Gasteiger partial charge in [0.05, 0.1) is 0 Å². The molecule has 1 aliphatic rings. The Bertz CT molecular complexity index is 345. The Morgan fingerprint density at radius 1 is 1.36 bits per heavy atom. The molecule has 2 rings (SSSR count). The van der Waals surface area contributed by atoms with Crippen molar-refractivity contribution in [3.63, 3.8) is 0 Å². The predicted molar refractivity (Wildman–Crippen MR) is 63.6 cm³/mol. The van der Waals surface area contributed by atoms with E-state index in [-0.39, 0.29) is 0 Å². The summed E-state index contributed by atoms with van der Waals surface area (Å²) >= 11 is 4.99. The lowest BCUT2D eigenvalue weighted by atomic mass is 9.92. The molecule has 3 N–H and O–H groups in total. The summed E-state index contributed by atoms with van der Waals surface area (Å²) in [7, 11) is 0. The van der Waals surface area contributed by atoms with E-state index in [9.17, 15) is 0 Å². The number of anilines is 1. The Morgan fingerprint density at radius 2 is 2.07 bits per heavy atom. The van der Waals surface area contributed by atoms with Crippen molar-refractivity contribution in [3.8, 4) is 0 Å². The van der Waals surface area contributed by atoms with E-state index in [1.807, 2.05) is 24.3 Å². The van der Waals surface area contributed by atoms with Gasteiger partial charge in [-0.05, 0) is 31.4 Å². The first kappa shape index (κ1) is 9.46. The molecule has 0 atom stereocenters. The van der Waals surface area contributed by atoms with Crippen LogP contribution in [0.15, 0.2) is 24.3 Å². The lowest BCUT2D eigenvalue weighted by molar-refractivity contribution is 0.445. The first-order valence-corrected chi connectivity index (χ1v) is 5.33. The molecule has 1 fully saturated rings. The van der Waals surface area contributed by atoms with Gasteiger partial charge in [0.1, 0.15) is 4.99 Å². The minimum atomic E-state index is 0.465. The third-order valence-electron chi connectivity index (χ3n) is 2.66. The molecule has 0 aromatic heterocycles. The largest absolute Gasteiger partial charge is 0.389 e. The number of thiocarbonyl (C=S) groups is 1. The lowest BCUT2D eigenvalue weighted by Gasteiger charge is -2.28. The maximum Gasteiger partial charge on any atom is 0.106 e. The van der Waals surface area contributed by atoms with E-state index in [4.69, 9.17) is 18.0 Å². The van der Waals surface area contributed by atoms with Crippen LogP contribution in [0.5, 0.6) is 0 Å². The van der Waals surface area contributed by atoms with Crippen molar-refractivity contribution in [3.05, 3.63) is 29.8 Å².